The highest BCUT2D eigenvalue weighted by Gasteiger charge is 2.19. The molecule has 1 saturated heterocycles. The summed E-state index contributed by atoms with van der Waals surface area (Å²) < 4.78 is 6.03. The molecule has 2 nitrogen and oxygen atoms in total. The van der Waals surface area contributed by atoms with Gasteiger partial charge in [-0.2, -0.15) is 0 Å². The second kappa shape index (κ2) is 6.72. The van der Waals surface area contributed by atoms with Crippen LogP contribution in [-0.2, 0) is 4.74 Å². The minimum absolute atomic E-state index is 0.448. The molecular weight excluding hydrogens is 278 g/mol. The first-order valence-electron chi connectivity index (χ1n) is 6.51. The number of likely N-dealkylation sites (N-methyl/N-ethyl adjacent to an activating group) is 1. The summed E-state index contributed by atoms with van der Waals surface area (Å²) in [6, 6.07) is 0. The monoisotopic (exact) mass is 299 g/mol. The smallest absolute Gasteiger partial charge is 0.0702 e. The van der Waals surface area contributed by atoms with Gasteiger partial charge in [-0.1, -0.05) is 34.2 Å². The van der Waals surface area contributed by atoms with Crippen LogP contribution in [0, 0.1) is 5.92 Å². The fraction of sp³-hybridized carbons (Fsp3) is 0.714. The van der Waals surface area contributed by atoms with Crippen molar-refractivity contribution in [1.82, 2.24) is 4.90 Å². The second-order valence-corrected chi connectivity index (χ2v) is 5.69. The van der Waals surface area contributed by atoms with Gasteiger partial charge in [-0.15, -0.1) is 0 Å². The fourth-order valence-corrected chi connectivity index (χ4v) is 2.86. The SMILES string of the molecule is CN1CCC[C@H](OCC2C=CC(CBr)=CC2)C1. The van der Waals surface area contributed by atoms with E-state index in [1.54, 1.807) is 0 Å². The van der Waals surface area contributed by atoms with Crippen LogP contribution in [0.1, 0.15) is 19.3 Å². The molecule has 0 aromatic carbocycles. The van der Waals surface area contributed by atoms with E-state index in [1.807, 2.05) is 0 Å². The Hall–Kier alpha value is -0.120. The molecule has 0 amide bonds. The molecular formula is C14H22BrNO. The minimum Gasteiger partial charge on any atom is -0.376 e. The van der Waals surface area contributed by atoms with Crippen LogP contribution >= 0.6 is 15.9 Å². The molecule has 0 bridgehead atoms. The molecule has 1 aliphatic carbocycles. The van der Waals surface area contributed by atoms with Crippen LogP contribution in [0.25, 0.3) is 0 Å². The van der Waals surface area contributed by atoms with Crippen LogP contribution < -0.4 is 0 Å². The van der Waals surface area contributed by atoms with Crippen LogP contribution in [0.3, 0.4) is 0 Å². The zero-order valence-electron chi connectivity index (χ0n) is 10.6. The molecule has 0 radical (unpaired) electrons. The lowest BCUT2D eigenvalue weighted by Crippen LogP contribution is -2.37. The van der Waals surface area contributed by atoms with Crippen molar-refractivity contribution in [2.75, 3.05) is 32.1 Å². The highest BCUT2D eigenvalue weighted by molar-refractivity contribution is 9.09. The number of ether oxygens (including phenoxy) is 1. The van der Waals surface area contributed by atoms with E-state index in [9.17, 15) is 0 Å². The Morgan fingerprint density at radius 2 is 2.41 bits per heavy atom. The molecule has 0 aromatic rings. The van der Waals surface area contributed by atoms with Gasteiger partial charge in [-0.3, -0.25) is 0 Å². The Bertz CT molecular complexity index is 301. The largest absolute Gasteiger partial charge is 0.376 e. The third kappa shape index (κ3) is 4.23. The van der Waals surface area contributed by atoms with Gasteiger partial charge in [0.25, 0.3) is 0 Å². The van der Waals surface area contributed by atoms with Gasteiger partial charge in [0.1, 0.15) is 0 Å². The third-order valence-corrected chi connectivity index (χ3v) is 4.19. The van der Waals surface area contributed by atoms with Crippen molar-refractivity contribution in [3.05, 3.63) is 23.8 Å². The summed E-state index contributed by atoms with van der Waals surface area (Å²) >= 11 is 3.48. The molecule has 0 spiro atoms. The van der Waals surface area contributed by atoms with E-state index in [2.05, 4.69) is 46.1 Å². The Kier molecular flexibility index (Phi) is 5.26. The van der Waals surface area contributed by atoms with E-state index in [1.165, 1.54) is 25.0 Å². The number of rotatable bonds is 4. The Morgan fingerprint density at radius 3 is 3.06 bits per heavy atom. The third-order valence-electron chi connectivity index (χ3n) is 3.55. The maximum atomic E-state index is 6.03. The zero-order valence-corrected chi connectivity index (χ0v) is 12.2. The van der Waals surface area contributed by atoms with Crippen molar-refractivity contribution in [3.8, 4) is 0 Å². The lowest BCUT2D eigenvalue weighted by atomic mass is 9.98. The Balaban J connectivity index is 1.69. The van der Waals surface area contributed by atoms with Gasteiger partial charge in [0, 0.05) is 17.8 Å². The van der Waals surface area contributed by atoms with Crippen LogP contribution in [0.15, 0.2) is 23.8 Å². The number of alkyl halides is 1. The van der Waals surface area contributed by atoms with Crippen LogP contribution in [0.4, 0.5) is 0 Å². The number of piperidine rings is 1. The van der Waals surface area contributed by atoms with E-state index in [4.69, 9.17) is 4.74 Å². The predicted octanol–water partition coefficient (Wildman–Crippen LogP) is 2.99. The summed E-state index contributed by atoms with van der Waals surface area (Å²) in [5.41, 5.74) is 1.39. The number of halogens is 1. The highest BCUT2D eigenvalue weighted by Crippen LogP contribution is 2.20. The summed E-state index contributed by atoms with van der Waals surface area (Å²) in [5.74, 6) is 0.574. The molecule has 2 atom stereocenters. The molecule has 1 unspecified atom stereocenters. The highest BCUT2D eigenvalue weighted by atomic mass is 79.9. The Labute approximate surface area is 113 Å². The summed E-state index contributed by atoms with van der Waals surface area (Å²) in [5, 5.41) is 0.963. The van der Waals surface area contributed by atoms with Gasteiger partial charge in [-0.05, 0) is 38.4 Å². The van der Waals surface area contributed by atoms with Gasteiger partial charge in [0.15, 0.2) is 0 Å². The zero-order chi connectivity index (χ0) is 12.1. The standard InChI is InChI=1S/C14H22BrNO/c1-16-8-2-3-14(10-16)17-11-13-6-4-12(9-15)5-7-13/h4-6,13-14H,2-3,7-11H2,1H3/t13?,14-/m0/s1. The average Bonchev–Trinajstić information content (AvgIpc) is 2.37. The maximum Gasteiger partial charge on any atom is 0.0702 e. The van der Waals surface area contributed by atoms with Crippen molar-refractivity contribution in [1.29, 1.82) is 0 Å². The summed E-state index contributed by atoms with van der Waals surface area (Å²) in [7, 11) is 2.18. The second-order valence-electron chi connectivity index (χ2n) is 5.13. The van der Waals surface area contributed by atoms with E-state index in [0.717, 1.165) is 24.9 Å². The van der Waals surface area contributed by atoms with Crippen molar-refractivity contribution in [2.45, 2.75) is 25.4 Å². The van der Waals surface area contributed by atoms with Gasteiger partial charge < -0.3 is 9.64 Å². The molecule has 0 aromatic heterocycles. The number of hydrogen-bond donors (Lipinski definition) is 0. The van der Waals surface area contributed by atoms with Crippen LogP contribution in [0.2, 0.25) is 0 Å². The van der Waals surface area contributed by atoms with Crippen molar-refractivity contribution < 1.29 is 4.74 Å². The fourth-order valence-electron chi connectivity index (χ4n) is 2.45. The molecule has 3 heteroatoms. The summed E-state index contributed by atoms with van der Waals surface area (Å²) in [6.45, 7) is 3.19. The molecule has 0 saturated carbocycles. The normalized spacial score (nSPS) is 30.4. The van der Waals surface area contributed by atoms with Gasteiger partial charge in [0.2, 0.25) is 0 Å². The number of likely N-dealkylation sites (tertiary alicyclic amines) is 1. The number of hydrogen-bond acceptors (Lipinski definition) is 2. The van der Waals surface area contributed by atoms with Crippen molar-refractivity contribution >= 4 is 15.9 Å². The Morgan fingerprint density at radius 1 is 1.53 bits per heavy atom. The van der Waals surface area contributed by atoms with E-state index in [0.29, 0.717) is 12.0 Å². The van der Waals surface area contributed by atoms with Crippen LogP contribution in [-0.4, -0.2) is 43.1 Å². The predicted molar refractivity (Wildman–Crippen MR) is 75.6 cm³/mol. The van der Waals surface area contributed by atoms with Gasteiger partial charge in [0.05, 0.1) is 12.7 Å². The molecule has 96 valence electrons. The van der Waals surface area contributed by atoms with Crippen molar-refractivity contribution in [3.63, 3.8) is 0 Å². The van der Waals surface area contributed by atoms with Crippen LogP contribution in [0.5, 0.6) is 0 Å². The molecule has 1 aliphatic heterocycles. The first-order valence-corrected chi connectivity index (χ1v) is 7.63. The lowest BCUT2D eigenvalue weighted by Gasteiger charge is -2.30. The summed E-state index contributed by atoms with van der Waals surface area (Å²) in [6.07, 6.45) is 10.9. The maximum absolute atomic E-state index is 6.03. The first-order chi connectivity index (χ1) is 8.28. The van der Waals surface area contributed by atoms with E-state index in [-0.39, 0.29) is 0 Å². The van der Waals surface area contributed by atoms with Gasteiger partial charge in [-0.25, -0.2) is 0 Å². The number of allylic oxidation sites excluding steroid dienone is 3. The van der Waals surface area contributed by atoms with Gasteiger partial charge >= 0.3 is 0 Å². The quantitative estimate of drug-likeness (QED) is 0.740. The minimum atomic E-state index is 0.448. The number of nitrogens with zero attached hydrogens (tertiary/aromatic N) is 1. The molecule has 17 heavy (non-hydrogen) atoms. The average molecular weight is 300 g/mol. The lowest BCUT2D eigenvalue weighted by molar-refractivity contribution is -0.00400. The van der Waals surface area contributed by atoms with E-state index < -0.39 is 0 Å². The molecule has 0 N–H and O–H groups in total. The molecule has 1 fully saturated rings. The van der Waals surface area contributed by atoms with E-state index >= 15 is 0 Å². The summed E-state index contributed by atoms with van der Waals surface area (Å²) in [4.78, 5) is 2.37. The molecule has 2 aliphatic rings. The molecule has 2 rings (SSSR count). The van der Waals surface area contributed by atoms with Crippen molar-refractivity contribution in [2.24, 2.45) is 5.92 Å². The topological polar surface area (TPSA) is 12.5 Å². The molecule has 1 heterocycles. The first kappa shape index (κ1) is 13.3.